The number of phosphoric acid groups is 1. The fraction of sp³-hybridized carbons (Fsp3) is 0.688. The Kier molecular flexibility index (Phi) is 7.13. The molecular formula is C16H28N7O7P. The van der Waals surface area contributed by atoms with Gasteiger partial charge in [-0.2, -0.15) is 0 Å². The molecule has 1 aliphatic heterocycles. The lowest BCUT2D eigenvalue weighted by atomic mass is 10.0. The number of ether oxygens (including phenoxy) is 1. The summed E-state index contributed by atoms with van der Waals surface area (Å²) in [4.78, 5) is 21.8. The van der Waals surface area contributed by atoms with Gasteiger partial charge >= 0.3 is 7.82 Å². The van der Waals surface area contributed by atoms with Crippen LogP contribution < -0.4 is 17.2 Å². The summed E-state index contributed by atoms with van der Waals surface area (Å²) < 4.78 is 28.9. The van der Waals surface area contributed by atoms with E-state index in [0.29, 0.717) is 0 Å². The maximum absolute atomic E-state index is 12.1. The molecule has 14 nitrogen and oxygen atoms in total. The van der Waals surface area contributed by atoms with Crippen LogP contribution in [0.1, 0.15) is 26.5 Å². The van der Waals surface area contributed by atoms with E-state index < -0.39 is 45.0 Å². The van der Waals surface area contributed by atoms with Crippen LogP contribution in [0.15, 0.2) is 6.33 Å². The molecule has 7 atom stereocenters. The molecule has 0 bridgehead atoms. The van der Waals surface area contributed by atoms with Crippen LogP contribution in [0.3, 0.4) is 0 Å². The molecule has 174 valence electrons. The number of aliphatic hydroxyl groups is 2. The Balaban J connectivity index is 1.67. The summed E-state index contributed by atoms with van der Waals surface area (Å²) in [5.74, 6) is 0.0942. The predicted molar refractivity (Wildman–Crippen MR) is 109 cm³/mol. The minimum atomic E-state index is -4.46. The zero-order chi connectivity index (χ0) is 22.9. The number of hydrogen-bond donors (Lipinski definition) is 6. The largest absolute Gasteiger partial charge is 0.472 e. The number of aliphatic hydroxyl groups excluding tert-OH is 2. The first kappa shape index (κ1) is 23.8. The van der Waals surface area contributed by atoms with E-state index in [1.165, 1.54) is 10.9 Å². The Morgan fingerprint density at radius 2 is 2.00 bits per heavy atom. The van der Waals surface area contributed by atoms with Gasteiger partial charge < -0.3 is 37.0 Å². The van der Waals surface area contributed by atoms with Crippen molar-refractivity contribution in [3.05, 3.63) is 6.33 Å². The number of hydrogen-bond acceptors (Lipinski definition) is 12. The number of fused-ring (bicyclic) bond motifs is 1. The molecule has 0 radical (unpaired) electrons. The summed E-state index contributed by atoms with van der Waals surface area (Å²) in [6.45, 7) is 3.12. The van der Waals surface area contributed by atoms with Gasteiger partial charge in [0.1, 0.15) is 24.6 Å². The van der Waals surface area contributed by atoms with Crippen molar-refractivity contribution in [2.24, 2.45) is 11.7 Å². The highest BCUT2D eigenvalue weighted by atomic mass is 31.2. The fourth-order valence-corrected chi connectivity index (χ4v) is 3.90. The van der Waals surface area contributed by atoms with Crippen LogP contribution in [-0.4, -0.2) is 72.2 Å². The second-order valence-corrected chi connectivity index (χ2v) is 8.88. The maximum atomic E-state index is 12.1. The number of aromatic nitrogens is 4. The number of anilines is 2. The van der Waals surface area contributed by atoms with Gasteiger partial charge in [-0.3, -0.25) is 13.6 Å². The molecule has 2 aromatic heterocycles. The second kappa shape index (κ2) is 9.30. The van der Waals surface area contributed by atoms with E-state index in [0.717, 1.165) is 6.42 Å². The highest BCUT2D eigenvalue weighted by molar-refractivity contribution is 7.47. The number of nitrogens with zero attached hydrogens (tertiary/aromatic N) is 4. The molecule has 3 rings (SSSR count). The second-order valence-electron chi connectivity index (χ2n) is 7.43. The quantitative estimate of drug-likeness (QED) is 0.249. The number of nitrogens with two attached hydrogens (primary N) is 3. The smallest absolute Gasteiger partial charge is 0.387 e. The molecule has 2 aromatic rings. The van der Waals surface area contributed by atoms with Gasteiger partial charge in [-0.15, -0.1) is 0 Å². The van der Waals surface area contributed by atoms with Gasteiger partial charge in [0.05, 0.1) is 13.2 Å². The molecular weight excluding hydrogens is 433 g/mol. The van der Waals surface area contributed by atoms with Crippen LogP contribution in [0.4, 0.5) is 11.8 Å². The Labute approximate surface area is 177 Å². The lowest BCUT2D eigenvalue weighted by molar-refractivity contribution is -0.0506. The van der Waals surface area contributed by atoms with Crippen molar-refractivity contribution in [3.8, 4) is 0 Å². The van der Waals surface area contributed by atoms with E-state index in [1.54, 1.807) is 0 Å². The van der Waals surface area contributed by atoms with Crippen molar-refractivity contribution < 1.29 is 33.5 Å². The Bertz CT molecular complexity index is 960. The summed E-state index contributed by atoms with van der Waals surface area (Å²) in [5, 5.41) is 20.8. The number of phosphoric ester groups is 1. The first-order valence-electron chi connectivity index (χ1n) is 9.68. The van der Waals surface area contributed by atoms with Crippen LogP contribution in [0.2, 0.25) is 0 Å². The molecule has 15 heteroatoms. The average molecular weight is 461 g/mol. The van der Waals surface area contributed by atoms with Gasteiger partial charge in [-0.1, -0.05) is 20.3 Å². The highest BCUT2D eigenvalue weighted by Gasteiger charge is 2.46. The SMILES string of the molecule is CCC(C)[C@H](N)COP(=O)(O)OC[C@H]1O[C@@H](n2c(N)nc3c(N)ncnc32)[C@H](O)[C@@H]1O. The summed E-state index contributed by atoms with van der Waals surface area (Å²) in [6.07, 6.45) is -3.29. The predicted octanol–water partition coefficient (Wildman–Crippen LogP) is -0.883. The zero-order valence-electron chi connectivity index (χ0n) is 17.1. The number of rotatable bonds is 9. The van der Waals surface area contributed by atoms with Crippen LogP contribution in [-0.2, 0) is 18.3 Å². The lowest BCUT2D eigenvalue weighted by Crippen LogP contribution is -2.34. The molecule has 0 aromatic carbocycles. The Morgan fingerprint density at radius 3 is 2.68 bits per heavy atom. The van der Waals surface area contributed by atoms with Crippen molar-refractivity contribution in [2.45, 2.75) is 50.8 Å². The number of imidazole rings is 1. The molecule has 1 saturated heterocycles. The van der Waals surface area contributed by atoms with Gasteiger partial charge in [-0.25, -0.2) is 19.5 Å². The summed E-state index contributed by atoms with van der Waals surface area (Å²) >= 11 is 0. The zero-order valence-corrected chi connectivity index (χ0v) is 18.0. The molecule has 0 saturated carbocycles. The molecule has 31 heavy (non-hydrogen) atoms. The number of nitrogen functional groups attached to an aromatic ring is 2. The van der Waals surface area contributed by atoms with Crippen molar-refractivity contribution in [3.63, 3.8) is 0 Å². The monoisotopic (exact) mass is 461 g/mol. The topological polar surface area (TPSA) is 227 Å². The van der Waals surface area contributed by atoms with Crippen LogP contribution >= 0.6 is 7.82 Å². The van der Waals surface area contributed by atoms with Crippen molar-refractivity contribution in [1.29, 1.82) is 0 Å². The van der Waals surface area contributed by atoms with Crippen molar-refractivity contribution in [1.82, 2.24) is 19.5 Å². The molecule has 1 fully saturated rings. The normalized spacial score (nSPS) is 27.9. The van der Waals surface area contributed by atoms with Crippen LogP contribution in [0, 0.1) is 5.92 Å². The first-order valence-corrected chi connectivity index (χ1v) is 11.2. The van der Waals surface area contributed by atoms with Crippen LogP contribution in [0.5, 0.6) is 0 Å². The summed E-state index contributed by atoms with van der Waals surface area (Å²) in [7, 11) is -4.46. The molecule has 0 spiro atoms. The molecule has 0 amide bonds. The lowest BCUT2D eigenvalue weighted by Gasteiger charge is -2.21. The van der Waals surface area contributed by atoms with E-state index in [4.69, 9.17) is 31.0 Å². The molecule has 3 heterocycles. The van der Waals surface area contributed by atoms with Crippen molar-refractivity contribution >= 4 is 30.8 Å². The highest BCUT2D eigenvalue weighted by Crippen LogP contribution is 2.45. The summed E-state index contributed by atoms with van der Waals surface area (Å²) in [6, 6.07) is -0.444. The average Bonchev–Trinajstić information content (AvgIpc) is 3.21. The molecule has 2 unspecified atom stereocenters. The fourth-order valence-electron chi connectivity index (χ4n) is 3.13. The summed E-state index contributed by atoms with van der Waals surface area (Å²) in [5.41, 5.74) is 18.0. The third-order valence-corrected chi connectivity index (χ3v) is 6.28. The van der Waals surface area contributed by atoms with E-state index >= 15 is 0 Å². The Morgan fingerprint density at radius 1 is 1.29 bits per heavy atom. The van der Waals surface area contributed by atoms with Gasteiger partial charge in [-0.05, 0) is 5.92 Å². The maximum Gasteiger partial charge on any atom is 0.472 e. The van der Waals surface area contributed by atoms with Crippen molar-refractivity contribution in [2.75, 3.05) is 24.7 Å². The third-order valence-electron chi connectivity index (χ3n) is 5.33. The minimum absolute atomic E-state index is 0.0739. The molecule has 1 aliphatic rings. The van der Waals surface area contributed by atoms with Gasteiger partial charge in [0.2, 0.25) is 5.95 Å². The van der Waals surface area contributed by atoms with Gasteiger partial charge in [0, 0.05) is 6.04 Å². The third kappa shape index (κ3) is 4.96. The van der Waals surface area contributed by atoms with Gasteiger partial charge in [0.15, 0.2) is 23.2 Å². The first-order chi connectivity index (χ1) is 14.6. The Hall–Kier alpha value is -1.90. The van der Waals surface area contributed by atoms with E-state index in [-0.39, 0.29) is 35.5 Å². The minimum Gasteiger partial charge on any atom is -0.387 e. The van der Waals surface area contributed by atoms with E-state index in [1.807, 2.05) is 13.8 Å². The van der Waals surface area contributed by atoms with Crippen LogP contribution in [0.25, 0.3) is 11.2 Å². The van der Waals surface area contributed by atoms with E-state index in [2.05, 4.69) is 15.0 Å². The van der Waals surface area contributed by atoms with Gasteiger partial charge in [0.25, 0.3) is 0 Å². The molecule has 9 N–H and O–H groups in total. The molecule has 0 aliphatic carbocycles. The standard InChI is InChI=1S/C16H28N7O7P/c1-3-7(2)8(17)4-28-31(26,27)29-5-9-11(24)12(25)15(30-9)23-14-10(22-16(23)19)13(18)20-6-21-14/h6-9,11-12,15,24-25H,3-5,17H2,1-2H3,(H2,19,22)(H,26,27)(H2,18,20,21)/t7?,8-,9-,11-,12-,15-/m1/s1. The van der Waals surface area contributed by atoms with E-state index in [9.17, 15) is 19.7 Å².